The number of alkyl halides is 7. The zero-order valence-electron chi connectivity index (χ0n) is 13.7. The summed E-state index contributed by atoms with van der Waals surface area (Å²) in [5, 5.41) is 12.7. The van der Waals surface area contributed by atoms with Gasteiger partial charge in [0.1, 0.15) is 6.10 Å². The fourth-order valence-electron chi connectivity index (χ4n) is 3.42. The number of halogens is 7. The number of carboxylic acids is 1. The largest absolute Gasteiger partial charge is 0.477 e. The number of rotatable bonds is 5. The van der Waals surface area contributed by atoms with E-state index in [0.717, 1.165) is 0 Å². The van der Waals surface area contributed by atoms with Crippen LogP contribution in [0.15, 0.2) is 0 Å². The zero-order chi connectivity index (χ0) is 20.2. The van der Waals surface area contributed by atoms with Crippen LogP contribution in [0, 0.1) is 5.92 Å². The molecule has 1 aromatic rings. The maximum absolute atomic E-state index is 13.4. The lowest BCUT2D eigenvalue weighted by Gasteiger charge is -2.34. The minimum atomic E-state index is -5.17. The highest BCUT2D eigenvalue weighted by Gasteiger charge is 2.50. The third-order valence-electron chi connectivity index (χ3n) is 4.67. The van der Waals surface area contributed by atoms with Crippen molar-refractivity contribution >= 4 is 5.97 Å². The van der Waals surface area contributed by atoms with Crippen molar-refractivity contribution in [2.75, 3.05) is 0 Å². The summed E-state index contributed by atoms with van der Waals surface area (Å²) >= 11 is 0. The van der Waals surface area contributed by atoms with Crippen LogP contribution < -0.4 is 4.74 Å². The van der Waals surface area contributed by atoms with Crippen LogP contribution in [-0.2, 0) is 12.7 Å². The SMILES string of the molecule is O=C(O)c1c(C(F)(F)F)c(OC2CC(F)(F)C2)nn1CC1CCC(F)(F)C1. The highest BCUT2D eigenvalue weighted by Crippen LogP contribution is 2.45. The van der Waals surface area contributed by atoms with Gasteiger partial charge in [0.05, 0.1) is 0 Å². The number of carboxylic acid groups (broad SMARTS) is 1. The second-order valence-corrected chi connectivity index (χ2v) is 6.98. The molecule has 1 atom stereocenters. The molecular weight excluding hydrogens is 389 g/mol. The van der Waals surface area contributed by atoms with Gasteiger partial charge in [0.15, 0.2) is 11.3 Å². The van der Waals surface area contributed by atoms with E-state index in [1.807, 2.05) is 0 Å². The summed E-state index contributed by atoms with van der Waals surface area (Å²) in [6.07, 6.45) is -9.08. The Labute approximate surface area is 148 Å². The summed E-state index contributed by atoms with van der Waals surface area (Å²) in [5.41, 5.74) is -2.95. The average Bonchev–Trinajstić information content (AvgIpc) is 2.97. The Morgan fingerprint density at radius 2 is 1.81 bits per heavy atom. The maximum atomic E-state index is 13.4. The first-order chi connectivity index (χ1) is 12.3. The van der Waals surface area contributed by atoms with Crippen molar-refractivity contribution in [3.8, 4) is 5.88 Å². The molecular formula is C15H15F7N2O3. The van der Waals surface area contributed by atoms with E-state index in [4.69, 9.17) is 4.74 Å². The van der Waals surface area contributed by atoms with Crippen LogP contribution in [0.25, 0.3) is 0 Å². The van der Waals surface area contributed by atoms with Gasteiger partial charge >= 0.3 is 12.1 Å². The molecule has 0 amide bonds. The van der Waals surface area contributed by atoms with Gasteiger partial charge in [0, 0.05) is 32.2 Å². The Kier molecular flexibility index (Phi) is 4.58. The molecule has 1 aromatic heterocycles. The Hall–Kier alpha value is -2.01. The van der Waals surface area contributed by atoms with Gasteiger partial charge in [-0.1, -0.05) is 0 Å². The molecule has 2 aliphatic carbocycles. The standard InChI is InChI=1S/C15H15F7N2O3/c16-13(17)2-1-7(3-13)6-24-10(12(25)26)9(15(20,21)22)11(23-24)27-8-4-14(18,19)5-8/h7-8H,1-6H2,(H,25,26). The van der Waals surface area contributed by atoms with E-state index in [2.05, 4.69) is 5.10 Å². The van der Waals surface area contributed by atoms with Gasteiger partial charge in [-0.15, -0.1) is 5.10 Å². The molecule has 5 nitrogen and oxygen atoms in total. The molecule has 0 bridgehead atoms. The summed E-state index contributed by atoms with van der Waals surface area (Å²) in [6.45, 7) is -0.468. The summed E-state index contributed by atoms with van der Waals surface area (Å²) < 4.78 is 97.9. The van der Waals surface area contributed by atoms with Gasteiger partial charge in [-0.25, -0.2) is 22.4 Å². The van der Waals surface area contributed by atoms with Crippen molar-refractivity contribution < 1.29 is 45.4 Å². The maximum Gasteiger partial charge on any atom is 0.424 e. The minimum Gasteiger partial charge on any atom is -0.477 e. The molecule has 12 heteroatoms. The van der Waals surface area contributed by atoms with Crippen LogP contribution in [-0.4, -0.2) is 38.8 Å². The molecule has 0 aliphatic heterocycles. The number of hydrogen-bond acceptors (Lipinski definition) is 3. The van der Waals surface area contributed by atoms with Crippen LogP contribution in [0.2, 0.25) is 0 Å². The molecule has 27 heavy (non-hydrogen) atoms. The highest BCUT2D eigenvalue weighted by atomic mass is 19.4. The zero-order valence-corrected chi connectivity index (χ0v) is 13.7. The molecule has 1 unspecified atom stereocenters. The Bertz CT molecular complexity index is 737. The summed E-state index contributed by atoms with van der Waals surface area (Å²) in [5.74, 6) is -9.87. The van der Waals surface area contributed by atoms with E-state index in [1.165, 1.54) is 0 Å². The van der Waals surface area contributed by atoms with Crippen molar-refractivity contribution in [1.82, 2.24) is 9.78 Å². The molecule has 0 aromatic carbocycles. The van der Waals surface area contributed by atoms with Crippen molar-refractivity contribution in [3.63, 3.8) is 0 Å². The average molecular weight is 404 g/mol. The second kappa shape index (κ2) is 6.26. The van der Waals surface area contributed by atoms with Gasteiger partial charge in [-0.3, -0.25) is 4.68 Å². The van der Waals surface area contributed by atoms with Crippen molar-refractivity contribution in [1.29, 1.82) is 0 Å². The molecule has 2 fully saturated rings. The summed E-state index contributed by atoms with van der Waals surface area (Å²) in [4.78, 5) is 11.4. The molecule has 2 aliphatic rings. The first kappa shape index (κ1) is 19.7. The molecule has 3 rings (SSSR count). The van der Waals surface area contributed by atoms with Gasteiger partial charge in [-0.2, -0.15) is 13.2 Å². The topological polar surface area (TPSA) is 64.3 Å². The van der Waals surface area contributed by atoms with Crippen LogP contribution in [0.1, 0.15) is 48.2 Å². The van der Waals surface area contributed by atoms with Gasteiger partial charge < -0.3 is 9.84 Å². The number of aromatic nitrogens is 2. The van der Waals surface area contributed by atoms with Gasteiger partial charge in [-0.05, 0) is 12.3 Å². The van der Waals surface area contributed by atoms with E-state index in [1.54, 1.807) is 0 Å². The Morgan fingerprint density at radius 3 is 2.26 bits per heavy atom. The highest BCUT2D eigenvalue weighted by molar-refractivity contribution is 5.88. The molecule has 152 valence electrons. The van der Waals surface area contributed by atoms with Gasteiger partial charge in [0.25, 0.3) is 5.92 Å². The lowest BCUT2D eigenvalue weighted by atomic mass is 9.91. The predicted molar refractivity (Wildman–Crippen MR) is 75.1 cm³/mol. The quantitative estimate of drug-likeness (QED) is 0.747. The van der Waals surface area contributed by atoms with E-state index in [9.17, 15) is 40.6 Å². The third-order valence-corrected chi connectivity index (χ3v) is 4.67. The minimum absolute atomic E-state index is 0.00168. The second-order valence-electron chi connectivity index (χ2n) is 6.98. The number of carbonyl (C=O) groups is 1. The monoisotopic (exact) mass is 404 g/mol. The van der Waals surface area contributed by atoms with E-state index in [0.29, 0.717) is 4.68 Å². The Balaban J connectivity index is 1.92. The van der Waals surface area contributed by atoms with E-state index in [-0.39, 0.29) is 6.42 Å². The lowest BCUT2D eigenvalue weighted by molar-refractivity contribution is -0.148. The van der Waals surface area contributed by atoms with E-state index >= 15 is 0 Å². The van der Waals surface area contributed by atoms with Crippen molar-refractivity contribution in [2.45, 2.75) is 62.8 Å². The number of hydrogen-bond donors (Lipinski definition) is 1. The number of ether oxygens (including phenoxy) is 1. The first-order valence-corrected chi connectivity index (χ1v) is 8.11. The fourth-order valence-corrected chi connectivity index (χ4v) is 3.42. The summed E-state index contributed by atoms with van der Waals surface area (Å²) in [6, 6.07) is 0. The molecule has 0 saturated heterocycles. The van der Waals surface area contributed by atoms with Gasteiger partial charge in [0.2, 0.25) is 11.8 Å². The predicted octanol–water partition coefficient (Wildman–Crippen LogP) is 4.21. The fraction of sp³-hybridized carbons (Fsp3) is 0.733. The number of aromatic carboxylic acids is 1. The van der Waals surface area contributed by atoms with E-state index < -0.39 is 85.4 Å². The van der Waals surface area contributed by atoms with Crippen LogP contribution >= 0.6 is 0 Å². The Morgan fingerprint density at radius 1 is 1.19 bits per heavy atom. The normalized spacial score (nSPS) is 24.6. The smallest absolute Gasteiger partial charge is 0.424 e. The molecule has 1 N–H and O–H groups in total. The van der Waals surface area contributed by atoms with Crippen LogP contribution in [0.3, 0.4) is 0 Å². The lowest BCUT2D eigenvalue weighted by Crippen LogP contribution is -2.43. The van der Waals surface area contributed by atoms with Crippen molar-refractivity contribution in [3.05, 3.63) is 11.3 Å². The molecule has 1 heterocycles. The van der Waals surface area contributed by atoms with Crippen molar-refractivity contribution in [2.24, 2.45) is 5.92 Å². The molecule has 0 radical (unpaired) electrons. The first-order valence-electron chi connectivity index (χ1n) is 8.11. The number of nitrogens with zero attached hydrogens (tertiary/aromatic N) is 2. The molecule has 0 spiro atoms. The third kappa shape index (κ3) is 4.13. The van der Waals surface area contributed by atoms with Crippen LogP contribution in [0.5, 0.6) is 5.88 Å². The molecule has 2 saturated carbocycles. The summed E-state index contributed by atoms with van der Waals surface area (Å²) in [7, 11) is 0. The van der Waals surface area contributed by atoms with Crippen LogP contribution in [0.4, 0.5) is 30.7 Å².